The number of nitrogens with zero attached hydrogens (tertiary/aromatic N) is 1. The normalized spacial score (nSPS) is 11.7. The van der Waals surface area contributed by atoms with Crippen LogP contribution in [0, 0.1) is 13.8 Å². The Morgan fingerprint density at radius 3 is 1.23 bits per heavy atom. The molecular formula is C52H39N. The zero-order valence-corrected chi connectivity index (χ0v) is 30.0. The highest BCUT2D eigenvalue weighted by Gasteiger charge is 2.23. The van der Waals surface area contributed by atoms with Gasteiger partial charge < -0.3 is 4.90 Å². The molecule has 0 aromatic heterocycles. The first-order valence-corrected chi connectivity index (χ1v) is 18.3. The number of fused-ring (bicyclic) bond motifs is 8. The molecule has 0 unspecified atom stereocenters. The molecule has 0 fully saturated rings. The molecule has 1 aliphatic rings. The van der Waals surface area contributed by atoms with Crippen LogP contribution >= 0.6 is 0 Å². The third-order valence-corrected chi connectivity index (χ3v) is 10.4. The molecule has 8 aromatic carbocycles. The smallest absolute Gasteiger partial charge is 0.0468 e. The molecule has 1 nitrogen and oxygen atoms in total. The number of rotatable bonds is 6. The van der Waals surface area contributed by atoms with Crippen LogP contribution in [0.4, 0.5) is 17.1 Å². The van der Waals surface area contributed by atoms with Gasteiger partial charge in [0.25, 0.3) is 0 Å². The summed E-state index contributed by atoms with van der Waals surface area (Å²) in [6.07, 6.45) is 2.30. The van der Waals surface area contributed by atoms with Crippen LogP contribution in [0.5, 0.6) is 0 Å². The highest BCUT2D eigenvalue weighted by atomic mass is 15.1. The number of benzene rings is 8. The van der Waals surface area contributed by atoms with E-state index in [-0.39, 0.29) is 0 Å². The first-order chi connectivity index (χ1) is 26.1. The van der Waals surface area contributed by atoms with Crippen molar-refractivity contribution < 1.29 is 0 Å². The van der Waals surface area contributed by atoms with Crippen molar-refractivity contribution in [3.05, 3.63) is 222 Å². The highest BCUT2D eigenvalue weighted by molar-refractivity contribution is 6.04. The van der Waals surface area contributed by atoms with Crippen LogP contribution in [0.3, 0.4) is 0 Å². The molecule has 9 rings (SSSR count). The molecule has 252 valence electrons. The molecule has 8 aromatic rings. The maximum atomic E-state index is 2.39. The van der Waals surface area contributed by atoms with Gasteiger partial charge in [-0.2, -0.15) is 0 Å². The molecule has 53 heavy (non-hydrogen) atoms. The quantitative estimate of drug-likeness (QED) is 0.158. The van der Waals surface area contributed by atoms with E-state index in [2.05, 4.69) is 219 Å². The standard InChI is InChI=1S/C52H39N/c1-36-20-26-40(27-21-36)51(39-12-4-3-5-13-39)34-38-24-30-42(31-25-38)53(41-28-22-37(2)23-29-41)43-32-33-50-48-18-9-8-16-46(48)44-14-6-7-15-45(44)47-17-10-11-19-49(47)52(50)35-43/h3-35H,1-2H3/b46-44?,47-45?,50-48?,51-34+,52-49?. The van der Waals surface area contributed by atoms with Gasteiger partial charge >= 0.3 is 0 Å². The average Bonchev–Trinajstić information content (AvgIpc) is 3.21. The van der Waals surface area contributed by atoms with Crippen LogP contribution in [0.2, 0.25) is 0 Å². The summed E-state index contributed by atoms with van der Waals surface area (Å²) in [5.41, 5.74) is 20.6. The Bertz CT molecular complexity index is 2590. The zero-order valence-electron chi connectivity index (χ0n) is 30.0. The van der Waals surface area contributed by atoms with Crippen LogP contribution < -0.4 is 4.90 Å². The van der Waals surface area contributed by atoms with E-state index in [4.69, 9.17) is 0 Å². The lowest BCUT2D eigenvalue weighted by Crippen LogP contribution is -2.10. The second-order valence-corrected chi connectivity index (χ2v) is 13.9. The minimum Gasteiger partial charge on any atom is -0.310 e. The fourth-order valence-corrected chi connectivity index (χ4v) is 7.70. The maximum Gasteiger partial charge on any atom is 0.0468 e. The van der Waals surface area contributed by atoms with Crippen molar-refractivity contribution in [2.75, 3.05) is 4.90 Å². The fourth-order valence-electron chi connectivity index (χ4n) is 7.70. The third kappa shape index (κ3) is 6.17. The summed E-state index contributed by atoms with van der Waals surface area (Å²) in [7, 11) is 0. The van der Waals surface area contributed by atoms with E-state index < -0.39 is 0 Å². The van der Waals surface area contributed by atoms with Gasteiger partial charge in [0.05, 0.1) is 0 Å². The highest BCUT2D eigenvalue weighted by Crippen LogP contribution is 2.49. The number of aryl methyl sites for hydroxylation is 2. The lowest BCUT2D eigenvalue weighted by Gasteiger charge is -2.28. The van der Waals surface area contributed by atoms with Gasteiger partial charge in [-0.15, -0.1) is 0 Å². The fraction of sp³-hybridized carbons (Fsp3) is 0.0385. The van der Waals surface area contributed by atoms with Crippen LogP contribution in [0.15, 0.2) is 194 Å². The van der Waals surface area contributed by atoms with Gasteiger partial charge in [0, 0.05) is 17.1 Å². The van der Waals surface area contributed by atoms with Crippen molar-refractivity contribution >= 4 is 28.7 Å². The Balaban J connectivity index is 1.19. The van der Waals surface area contributed by atoms with E-state index in [1.807, 2.05) is 0 Å². The Labute approximate surface area is 312 Å². The summed E-state index contributed by atoms with van der Waals surface area (Å²) in [6, 6.07) is 70.8. The Hall–Kier alpha value is -6.70. The molecule has 0 atom stereocenters. The Morgan fingerprint density at radius 1 is 0.340 bits per heavy atom. The minimum atomic E-state index is 1.10. The van der Waals surface area contributed by atoms with Crippen molar-refractivity contribution in [2.24, 2.45) is 0 Å². The Morgan fingerprint density at radius 2 is 0.717 bits per heavy atom. The van der Waals surface area contributed by atoms with Gasteiger partial charge in [-0.1, -0.05) is 169 Å². The molecule has 0 aliphatic heterocycles. The number of hydrogen-bond donors (Lipinski definition) is 0. The molecule has 1 aliphatic carbocycles. The first kappa shape index (κ1) is 32.2. The second-order valence-electron chi connectivity index (χ2n) is 13.9. The summed E-state index contributed by atoms with van der Waals surface area (Å²) in [6.45, 7) is 4.28. The minimum absolute atomic E-state index is 1.10. The van der Waals surface area contributed by atoms with E-state index in [9.17, 15) is 0 Å². The van der Waals surface area contributed by atoms with E-state index in [0.29, 0.717) is 0 Å². The molecular weight excluding hydrogens is 639 g/mol. The summed E-state index contributed by atoms with van der Waals surface area (Å²) < 4.78 is 0. The van der Waals surface area contributed by atoms with Crippen molar-refractivity contribution in [3.8, 4) is 44.5 Å². The van der Waals surface area contributed by atoms with Gasteiger partial charge in [-0.25, -0.2) is 0 Å². The molecule has 0 radical (unpaired) electrons. The van der Waals surface area contributed by atoms with Gasteiger partial charge in [0.1, 0.15) is 0 Å². The van der Waals surface area contributed by atoms with Crippen molar-refractivity contribution in [1.82, 2.24) is 0 Å². The largest absolute Gasteiger partial charge is 0.310 e. The van der Waals surface area contributed by atoms with E-state index >= 15 is 0 Å². The summed E-state index contributed by atoms with van der Waals surface area (Å²) in [5, 5.41) is 0. The SMILES string of the molecule is Cc1ccc(/C(=C/c2ccc(N(c3ccc(C)cc3)c3ccc4c(c3)-c3ccccc3-c3ccccc3-c3ccccc3-4)cc2)c2ccccc2)cc1. The summed E-state index contributed by atoms with van der Waals surface area (Å²) in [4.78, 5) is 2.38. The van der Waals surface area contributed by atoms with Gasteiger partial charge in [0.2, 0.25) is 0 Å². The summed E-state index contributed by atoms with van der Waals surface area (Å²) >= 11 is 0. The van der Waals surface area contributed by atoms with Crippen molar-refractivity contribution in [3.63, 3.8) is 0 Å². The Kier molecular flexibility index (Phi) is 8.38. The van der Waals surface area contributed by atoms with Gasteiger partial charge in [-0.3, -0.25) is 0 Å². The molecule has 0 spiro atoms. The lowest BCUT2D eigenvalue weighted by atomic mass is 9.81. The van der Waals surface area contributed by atoms with Crippen molar-refractivity contribution in [2.45, 2.75) is 13.8 Å². The van der Waals surface area contributed by atoms with E-state index in [1.165, 1.54) is 72.3 Å². The van der Waals surface area contributed by atoms with Crippen LogP contribution in [0.1, 0.15) is 27.8 Å². The lowest BCUT2D eigenvalue weighted by molar-refractivity contribution is 1.27. The molecule has 1 heteroatoms. The number of anilines is 3. The predicted molar refractivity (Wildman–Crippen MR) is 226 cm³/mol. The topological polar surface area (TPSA) is 3.24 Å². The maximum absolute atomic E-state index is 2.39. The van der Waals surface area contributed by atoms with Gasteiger partial charge in [0.15, 0.2) is 0 Å². The van der Waals surface area contributed by atoms with E-state index in [0.717, 1.165) is 22.6 Å². The van der Waals surface area contributed by atoms with E-state index in [1.54, 1.807) is 0 Å². The molecule has 0 heterocycles. The summed E-state index contributed by atoms with van der Waals surface area (Å²) in [5.74, 6) is 0. The zero-order chi connectivity index (χ0) is 35.7. The number of hydrogen-bond acceptors (Lipinski definition) is 1. The third-order valence-electron chi connectivity index (χ3n) is 10.4. The van der Waals surface area contributed by atoms with Crippen molar-refractivity contribution in [1.29, 1.82) is 0 Å². The van der Waals surface area contributed by atoms with Crippen LogP contribution in [0.25, 0.3) is 56.2 Å². The second kappa shape index (κ2) is 13.8. The molecule has 0 bridgehead atoms. The van der Waals surface area contributed by atoms with Gasteiger partial charge in [-0.05, 0) is 123 Å². The van der Waals surface area contributed by atoms with Crippen LogP contribution in [-0.4, -0.2) is 0 Å². The van der Waals surface area contributed by atoms with Crippen LogP contribution in [-0.2, 0) is 0 Å². The molecule has 0 saturated heterocycles. The average molecular weight is 678 g/mol. The molecule has 0 saturated carbocycles. The molecule has 0 amide bonds. The molecule has 0 N–H and O–H groups in total. The predicted octanol–water partition coefficient (Wildman–Crippen LogP) is 14.3. The monoisotopic (exact) mass is 677 g/mol. The first-order valence-electron chi connectivity index (χ1n) is 18.3.